The molecule has 160 valence electrons. The molecule has 3 aromatic rings. The van der Waals surface area contributed by atoms with Gasteiger partial charge in [-0.25, -0.2) is 9.48 Å². The van der Waals surface area contributed by atoms with E-state index in [1.165, 1.54) is 12.1 Å². The molecule has 7 nitrogen and oxygen atoms in total. The van der Waals surface area contributed by atoms with Gasteiger partial charge in [-0.15, -0.1) is 0 Å². The molecule has 1 aliphatic rings. The Labute approximate surface area is 185 Å². The van der Waals surface area contributed by atoms with E-state index < -0.39 is 5.97 Å². The number of rotatable bonds is 6. The van der Waals surface area contributed by atoms with Gasteiger partial charge < -0.3 is 15.3 Å². The zero-order valence-electron chi connectivity index (χ0n) is 17.3. The maximum Gasteiger partial charge on any atom is 0.335 e. The number of aryl methyl sites for hydroxylation is 1. The van der Waals surface area contributed by atoms with Crippen molar-refractivity contribution in [2.45, 2.75) is 33.0 Å². The molecule has 1 aromatic heterocycles. The van der Waals surface area contributed by atoms with Gasteiger partial charge in [-0.3, -0.25) is 4.79 Å². The summed E-state index contributed by atoms with van der Waals surface area (Å²) in [7, 11) is 0. The lowest BCUT2D eigenvalue weighted by atomic mass is 10.1. The van der Waals surface area contributed by atoms with Crippen molar-refractivity contribution in [3.63, 3.8) is 0 Å². The quantitative estimate of drug-likeness (QED) is 0.606. The number of nitrogens with one attached hydrogen (secondary N) is 1. The second-order valence-corrected chi connectivity index (χ2v) is 8.12. The van der Waals surface area contributed by atoms with Crippen LogP contribution in [0.2, 0.25) is 5.02 Å². The molecule has 1 amide bonds. The number of nitrogens with zero attached hydrogens (tertiary/aromatic N) is 3. The summed E-state index contributed by atoms with van der Waals surface area (Å²) in [6.45, 7) is 5.83. The number of anilines is 1. The van der Waals surface area contributed by atoms with Crippen molar-refractivity contribution < 1.29 is 14.7 Å². The third kappa shape index (κ3) is 4.27. The fourth-order valence-electron chi connectivity index (χ4n) is 3.91. The standard InChI is InChI=1S/C23H23ClN4O3/c1-14(17-6-8-18(9-7-17)23(30)31)25-21(29)20-15(2)26-28-11-10-27(22(20)28)13-16-4-3-5-19(24)12-16/h3-9,12,14H,10-11,13H2,1-2H3,(H,25,29)(H,30,31)/t14-/m0/s1. The minimum Gasteiger partial charge on any atom is -0.478 e. The van der Waals surface area contributed by atoms with Crippen LogP contribution in [-0.2, 0) is 13.1 Å². The first-order valence-electron chi connectivity index (χ1n) is 10.0. The van der Waals surface area contributed by atoms with Crippen molar-refractivity contribution >= 4 is 29.3 Å². The van der Waals surface area contributed by atoms with Crippen LogP contribution in [-0.4, -0.2) is 33.3 Å². The third-order valence-electron chi connectivity index (χ3n) is 5.48. The molecule has 1 atom stereocenters. The van der Waals surface area contributed by atoms with Crippen LogP contribution in [0.4, 0.5) is 5.82 Å². The number of aromatic nitrogens is 2. The van der Waals surface area contributed by atoms with E-state index in [-0.39, 0.29) is 17.5 Å². The highest BCUT2D eigenvalue weighted by atomic mass is 35.5. The first kappa shape index (κ1) is 20.9. The Kier molecular flexibility index (Phi) is 5.69. The van der Waals surface area contributed by atoms with Crippen LogP contribution in [0, 0.1) is 6.92 Å². The van der Waals surface area contributed by atoms with Crippen molar-refractivity contribution in [2.24, 2.45) is 0 Å². The zero-order valence-corrected chi connectivity index (χ0v) is 18.1. The normalized spacial score (nSPS) is 13.7. The number of benzene rings is 2. The summed E-state index contributed by atoms with van der Waals surface area (Å²) in [6, 6.07) is 13.9. The molecular formula is C23H23ClN4O3. The number of fused-ring (bicyclic) bond motifs is 1. The van der Waals surface area contributed by atoms with Crippen LogP contribution in [0.5, 0.6) is 0 Å². The number of carbonyl (C=O) groups excluding carboxylic acids is 1. The minimum absolute atomic E-state index is 0.202. The van der Waals surface area contributed by atoms with Crippen LogP contribution in [0.25, 0.3) is 0 Å². The molecule has 8 heteroatoms. The molecule has 1 aliphatic heterocycles. The molecular weight excluding hydrogens is 416 g/mol. The molecule has 0 aliphatic carbocycles. The summed E-state index contributed by atoms with van der Waals surface area (Å²) in [5, 5.41) is 17.3. The van der Waals surface area contributed by atoms with Crippen LogP contribution in [0.3, 0.4) is 0 Å². The van der Waals surface area contributed by atoms with E-state index >= 15 is 0 Å². The third-order valence-corrected chi connectivity index (χ3v) is 5.71. The predicted octanol–water partition coefficient (Wildman–Crippen LogP) is 4.05. The zero-order chi connectivity index (χ0) is 22.1. The Bertz CT molecular complexity index is 1140. The maximum absolute atomic E-state index is 13.2. The summed E-state index contributed by atoms with van der Waals surface area (Å²) in [4.78, 5) is 26.4. The van der Waals surface area contributed by atoms with Gasteiger partial charge >= 0.3 is 5.97 Å². The predicted molar refractivity (Wildman–Crippen MR) is 119 cm³/mol. The number of carbonyl (C=O) groups is 2. The Morgan fingerprint density at radius 3 is 2.61 bits per heavy atom. The number of hydrogen-bond donors (Lipinski definition) is 2. The number of amides is 1. The van der Waals surface area contributed by atoms with Gasteiger partial charge in [-0.05, 0) is 49.2 Å². The number of aromatic carboxylic acids is 1. The average Bonchev–Trinajstić information content (AvgIpc) is 3.26. The smallest absolute Gasteiger partial charge is 0.335 e. The van der Waals surface area contributed by atoms with Crippen molar-refractivity contribution in [1.29, 1.82) is 0 Å². The Morgan fingerprint density at radius 2 is 1.94 bits per heavy atom. The summed E-state index contributed by atoms with van der Waals surface area (Å²) < 4.78 is 1.88. The molecule has 0 saturated heterocycles. The lowest BCUT2D eigenvalue weighted by Crippen LogP contribution is -2.29. The van der Waals surface area contributed by atoms with Gasteiger partial charge in [0.15, 0.2) is 0 Å². The Morgan fingerprint density at radius 1 is 1.19 bits per heavy atom. The molecule has 2 N–H and O–H groups in total. The van der Waals surface area contributed by atoms with E-state index in [0.29, 0.717) is 22.8 Å². The van der Waals surface area contributed by atoms with Crippen molar-refractivity contribution in [1.82, 2.24) is 15.1 Å². The topological polar surface area (TPSA) is 87.5 Å². The molecule has 0 radical (unpaired) electrons. The molecule has 4 rings (SSSR count). The van der Waals surface area contributed by atoms with E-state index in [2.05, 4.69) is 15.3 Å². The fourth-order valence-corrected chi connectivity index (χ4v) is 4.12. The molecule has 0 fully saturated rings. The van der Waals surface area contributed by atoms with Crippen LogP contribution in [0.15, 0.2) is 48.5 Å². The van der Waals surface area contributed by atoms with Gasteiger partial charge in [-0.2, -0.15) is 5.10 Å². The molecule has 0 saturated carbocycles. The highest BCUT2D eigenvalue weighted by molar-refractivity contribution is 6.30. The maximum atomic E-state index is 13.2. The lowest BCUT2D eigenvalue weighted by Gasteiger charge is -2.20. The molecule has 0 unspecified atom stereocenters. The van der Waals surface area contributed by atoms with Crippen molar-refractivity contribution in [3.05, 3.63) is 81.5 Å². The molecule has 31 heavy (non-hydrogen) atoms. The second kappa shape index (κ2) is 8.43. The van der Waals surface area contributed by atoms with Crippen molar-refractivity contribution in [3.8, 4) is 0 Å². The largest absolute Gasteiger partial charge is 0.478 e. The average molecular weight is 439 g/mol. The van der Waals surface area contributed by atoms with Gasteiger partial charge in [0.05, 0.1) is 23.8 Å². The minimum atomic E-state index is -0.978. The van der Waals surface area contributed by atoms with Crippen LogP contribution >= 0.6 is 11.6 Å². The SMILES string of the molecule is Cc1nn2c(c1C(=O)N[C@@H](C)c1ccc(C(=O)O)cc1)N(Cc1cccc(Cl)c1)CC2. The monoisotopic (exact) mass is 438 g/mol. The summed E-state index contributed by atoms with van der Waals surface area (Å²) in [5.41, 5.74) is 3.35. The summed E-state index contributed by atoms with van der Waals surface area (Å²) >= 11 is 6.13. The van der Waals surface area contributed by atoms with Gasteiger partial charge in [0.2, 0.25) is 0 Å². The van der Waals surface area contributed by atoms with Gasteiger partial charge in [-0.1, -0.05) is 35.9 Å². The molecule has 2 aromatic carbocycles. The van der Waals surface area contributed by atoms with E-state index in [1.807, 2.05) is 42.8 Å². The lowest BCUT2D eigenvalue weighted by molar-refractivity contribution is 0.0696. The number of carboxylic acids is 1. The number of halogens is 1. The van der Waals surface area contributed by atoms with E-state index in [4.69, 9.17) is 16.7 Å². The van der Waals surface area contributed by atoms with E-state index in [1.54, 1.807) is 12.1 Å². The fraction of sp³-hybridized carbons (Fsp3) is 0.261. The first-order chi connectivity index (χ1) is 14.8. The Hall–Kier alpha value is -3.32. The number of carboxylic acid groups (broad SMARTS) is 1. The summed E-state index contributed by atoms with van der Waals surface area (Å²) in [6.07, 6.45) is 0. The van der Waals surface area contributed by atoms with Gasteiger partial charge in [0.1, 0.15) is 11.4 Å². The van der Waals surface area contributed by atoms with E-state index in [0.717, 1.165) is 30.0 Å². The highest BCUT2D eigenvalue weighted by Gasteiger charge is 2.30. The van der Waals surface area contributed by atoms with Crippen LogP contribution < -0.4 is 10.2 Å². The highest BCUT2D eigenvalue weighted by Crippen LogP contribution is 2.31. The molecule has 0 spiro atoms. The van der Waals surface area contributed by atoms with Gasteiger partial charge in [0.25, 0.3) is 5.91 Å². The first-order valence-corrected chi connectivity index (χ1v) is 10.4. The summed E-state index contributed by atoms with van der Waals surface area (Å²) in [5.74, 6) is -0.371. The number of hydrogen-bond acceptors (Lipinski definition) is 4. The van der Waals surface area contributed by atoms with Crippen molar-refractivity contribution in [2.75, 3.05) is 11.4 Å². The second-order valence-electron chi connectivity index (χ2n) is 7.68. The van der Waals surface area contributed by atoms with Gasteiger partial charge in [0, 0.05) is 18.1 Å². The van der Waals surface area contributed by atoms with Crippen LogP contribution in [0.1, 0.15) is 50.5 Å². The Balaban J connectivity index is 1.54. The van der Waals surface area contributed by atoms with E-state index in [9.17, 15) is 9.59 Å². The molecule has 2 heterocycles. The molecule has 0 bridgehead atoms.